The largest absolute Gasteiger partial charge is 0.449 e. The minimum Gasteiger partial charge on any atom is -0.449 e. The third-order valence-electron chi connectivity index (χ3n) is 2.39. The highest BCUT2D eigenvalue weighted by Crippen LogP contribution is 2.08. The van der Waals surface area contributed by atoms with Crippen LogP contribution in [0.25, 0.3) is 6.08 Å². The van der Waals surface area contributed by atoms with Crippen LogP contribution in [0.2, 0.25) is 0 Å². The summed E-state index contributed by atoms with van der Waals surface area (Å²) in [4.78, 5) is 22.9. The van der Waals surface area contributed by atoms with Crippen LogP contribution < -0.4 is 5.32 Å². The fraction of sp³-hybridized carbons (Fsp3) is 0.200. The second-order valence-corrected chi connectivity index (χ2v) is 3.97. The summed E-state index contributed by atoms with van der Waals surface area (Å²) in [7, 11) is 0. The maximum atomic E-state index is 13.3. The van der Waals surface area contributed by atoms with Gasteiger partial charge in [0.15, 0.2) is 6.10 Å². The molecule has 0 spiro atoms. The van der Waals surface area contributed by atoms with Gasteiger partial charge >= 0.3 is 5.97 Å². The summed E-state index contributed by atoms with van der Waals surface area (Å²) in [6, 6.07) is 6.02. The molecule has 0 aliphatic heterocycles. The van der Waals surface area contributed by atoms with Gasteiger partial charge in [0, 0.05) is 18.2 Å². The molecule has 0 aliphatic rings. The van der Waals surface area contributed by atoms with E-state index >= 15 is 0 Å². The van der Waals surface area contributed by atoms with Gasteiger partial charge < -0.3 is 10.1 Å². The third kappa shape index (κ3) is 5.06. The van der Waals surface area contributed by atoms with Crippen molar-refractivity contribution in [2.45, 2.75) is 13.0 Å². The molecule has 1 rings (SSSR count). The smallest absolute Gasteiger partial charge is 0.331 e. The van der Waals surface area contributed by atoms with Crippen LogP contribution in [-0.2, 0) is 14.3 Å². The molecule has 0 radical (unpaired) electrons. The predicted molar refractivity (Wildman–Crippen MR) is 74.2 cm³/mol. The van der Waals surface area contributed by atoms with E-state index in [9.17, 15) is 14.0 Å². The summed E-state index contributed by atoms with van der Waals surface area (Å²) in [5, 5.41) is 2.50. The number of hydrogen-bond donors (Lipinski definition) is 1. The second-order valence-electron chi connectivity index (χ2n) is 3.97. The number of esters is 1. The normalized spacial score (nSPS) is 11.9. The molecule has 1 atom stereocenters. The molecule has 1 N–H and O–H groups in total. The monoisotopic (exact) mass is 277 g/mol. The number of carbonyl (C=O) groups is 2. The molecule has 0 saturated carbocycles. The zero-order valence-electron chi connectivity index (χ0n) is 11.1. The number of ether oxygens (including phenoxy) is 1. The van der Waals surface area contributed by atoms with Crippen LogP contribution in [0.5, 0.6) is 0 Å². The van der Waals surface area contributed by atoms with Gasteiger partial charge in [0.2, 0.25) is 0 Å². The van der Waals surface area contributed by atoms with Crippen LogP contribution in [0.3, 0.4) is 0 Å². The fourth-order valence-corrected chi connectivity index (χ4v) is 1.35. The van der Waals surface area contributed by atoms with Crippen molar-refractivity contribution in [3.63, 3.8) is 0 Å². The minimum absolute atomic E-state index is 0.271. The molecule has 106 valence electrons. The number of halogens is 1. The Morgan fingerprint density at radius 2 is 2.15 bits per heavy atom. The lowest BCUT2D eigenvalue weighted by Crippen LogP contribution is -2.35. The number of benzene rings is 1. The summed E-state index contributed by atoms with van der Waals surface area (Å²) in [5.74, 6) is -1.57. The Morgan fingerprint density at radius 3 is 2.80 bits per heavy atom. The van der Waals surface area contributed by atoms with Gasteiger partial charge in [0.1, 0.15) is 5.82 Å². The van der Waals surface area contributed by atoms with Gasteiger partial charge in [-0.1, -0.05) is 24.3 Å². The van der Waals surface area contributed by atoms with E-state index in [4.69, 9.17) is 4.74 Å². The van der Waals surface area contributed by atoms with Gasteiger partial charge in [-0.2, -0.15) is 0 Å². The van der Waals surface area contributed by atoms with Crippen molar-refractivity contribution in [2.24, 2.45) is 0 Å². The lowest BCUT2D eigenvalue weighted by Gasteiger charge is -2.11. The minimum atomic E-state index is -0.923. The molecular formula is C15H16FNO3. The molecule has 5 heteroatoms. The number of amides is 1. The second kappa shape index (κ2) is 7.89. The standard InChI is InChI=1S/C15H16FNO3/c1-3-10-17-15(19)11(2)20-14(18)9-8-12-6-4-5-7-13(12)16/h3-9,11H,1,10H2,2H3,(H,17,19)/b9-8+/t11-/m1/s1. The molecular weight excluding hydrogens is 261 g/mol. The van der Waals surface area contributed by atoms with Gasteiger partial charge in [-0.25, -0.2) is 9.18 Å². The molecule has 20 heavy (non-hydrogen) atoms. The molecule has 1 aromatic rings. The summed E-state index contributed by atoms with van der Waals surface area (Å²) >= 11 is 0. The van der Waals surface area contributed by atoms with Gasteiger partial charge in [0.25, 0.3) is 5.91 Å². The maximum absolute atomic E-state index is 13.3. The van der Waals surface area contributed by atoms with E-state index in [0.717, 1.165) is 6.08 Å². The van der Waals surface area contributed by atoms with Crippen LogP contribution in [-0.4, -0.2) is 24.5 Å². The molecule has 0 fully saturated rings. The van der Waals surface area contributed by atoms with Crippen LogP contribution in [0.1, 0.15) is 12.5 Å². The molecule has 1 aromatic carbocycles. The number of nitrogens with one attached hydrogen (secondary N) is 1. The van der Waals surface area contributed by atoms with Gasteiger partial charge in [0.05, 0.1) is 0 Å². The van der Waals surface area contributed by atoms with E-state index in [1.54, 1.807) is 12.1 Å². The van der Waals surface area contributed by atoms with E-state index in [0.29, 0.717) is 6.54 Å². The first-order chi connectivity index (χ1) is 9.54. The Labute approximate surface area is 116 Å². The van der Waals surface area contributed by atoms with Gasteiger partial charge in [-0.15, -0.1) is 6.58 Å². The summed E-state index contributed by atoms with van der Waals surface area (Å²) < 4.78 is 18.2. The molecule has 0 bridgehead atoms. The van der Waals surface area contributed by atoms with Crippen LogP contribution in [0.15, 0.2) is 43.0 Å². The van der Waals surface area contributed by atoms with Crippen molar-refractivity contribution in [2.75, 3.05) is 6.54 Å². The lowest BCUT2D eigenvalue weighted by molar-refractivity contribution is -0.150. The first-order valence-corrected chi connectivity index (χ1v) is 6.06. The highest BCUT2D eigenvalue weighted by molar-refractivity contribution is 5.90. The molecule has 0 heterocycles. The number of carbonyl (C=O) groups excluding carboxylic acids is 2. The van der Waals surface area contributed by atoms with Gasteiger partial charge in [-0.3, -0.25) is 4.79 Å². The Balaban J connectivity index is 2.53. The molecule has 0 aromatic heterocycles. The SMILES string of the molecule is C=CCNC(=O)[C@@H](C)OC(=O)/C=C/c1ccccc1F. The van der Waals surface area contributed by atoms with Crippen molar-refractivity contribution in [1.82, 2.24) is 5.32 Å². The van der Waals surface area contributed by atoms with Gasteiger partial charge in [-0.05, 0) is 19.1 Å². The lowest BCUT2D eigenvalue weighted by atomic mass is 10.2. The van der Waals surface area contributed by atoms with Crippen LogP contribution in [0, 0.1) is 5.82 Å². The first-order valence-electron chi connectivity index (χ1n) is 6.06. The first kappa shape index (κ1) is 15.6. The maximum Gasteiger partial charge on any atom is 0.331 e. The van der Waals surface area contributed by atoms with Crippen LogP contribution >= 0.6 is 0 Å². The van der Waals surface area contributed by atoms with Crippen molar-refractivity contribution in [1.29, 1.82) is 0 Å². The van der Waals surface area contributed by atoms with Crippen molar-refractivity contribution >= 4 is 18.0 Å². The third-order valence-corrected chi connectivity index (χ3v) is 2.39. The quantitative estimate of drug-likeness (QED) is 0.492. The van der Waals surface area contributed by atoms with Crippen molar-refractivity contribution in [3.8, 4) is 0 Å². The number of rotatable bonds is 6. The van der Waals surface area contributed by atoms with Crippen LogP contribution in [0.4, 0.5) is 4.39 Å². The number of hydrogen-bond acceptors (Lipinski definition) is 3. The zero-order valence-corrected chi connectivity index (χ0v) is 11.1. The highest BCUT2D eigenvalue weighted by Gasteiger charge is 2.15. The summed E-state index contributed by atoms with van der Waals surface area (Å²) in [6.07, 6.45) is 2.97. The van der Waals surface area contributed by atoms with E-state index in [-0.39, 0.29) is 5.56 Å². The fourth-order valence-electron chi connectivity index (χ4n) is 1.35. The molecule has 4 nitrogen and oxygen atoms in total. The predicted octanol–water partition coefficient (Wildman–Crippen LogP) is 2.07. The molecule has 0 saturated heterocycles. The van der Waals surface area contributed by atoms with E-state index in [2.05, 4.69) is 11.9 Å². The molecule has 0 aliphatic carbocycles. The topological polar surface area (TPSA) is 55.4 Å². The average molecular weight is 277 g/mol. The Kier molecular flexibility index (Phi) is 6.16. The highest BCUT2D eigenvalue weighted by atomic mass is 19.1. The van der Waals surface area contributed by atoms with E-state index in [1.165, 1.54) is 31.2 Å². The zero-order chi connectivity index (χ0) is 15.0. The Morgan fingerprint density at radius 1 is 1.45 bits per heavy atom. The van der Waals surface area contributed by atoms with Crippen molar-refractivity contribution in [3.05, 3.63) is 54.4 Å². The average Bonchev–Trinajstić information content (AvgIpc) is 2.43. The summed E-state index contributed by atoms with van der Waals surface area (Å²) in [5.41, 5.74) is 0.271. The van der Waals surface area contributed by atoms with Crippen molar-refractivity contribution < 1.29 is 18.7 Å². The molecule has 0 unspecified atom stereocenters. The molecule has 1 amide bonds. The Hall–Kier alpha value is -2.43. The Bertz CT molecular complexity index is 526. The summed E-state index contributed by atoms with van der Waals surface area (Å²) in [6.45, 7) is 5.20. The van der Waals surface area contributed by atoms with E-state index in [1.807, 2.05) is 0 Å². The van der Waals surface area contributed by atoms with E-state index < -0.39 is 23.8 Å².